The summed E-state index contributed by atoms with van der Waals surface area (Å²) in [6, 6.07) is 4.85. The van der Waals surface area contributed by atoms with E-state index < -0.39 is 6.04 Å². The number of carbonyl (C=O) groups is 1. The van der Waals surface area contributed by atoms with Crippen LogP contribution in [0.4, 0.5) is 5.82 Å². The summed E-state index contributed by atoms with van der Waals surface area (Å²) < 4.78 is 12.3. The van der Waals surface area contributed by atoms with Crippen LogP contribution in [0.3, 0.4) is 0 Å². The number of nitrogens with one attached hydrogen (secondary N) is 2. The van der Waals surface area contributed by atoms with Gasteiger partial charge >= 0.3 is 0 Å². The number of methoxy groups -OCH3 is 1. The molecule has 0 spiro atoms. The molecule has 3 aromatic rings. The van der Waals surface area contributed by atoms with E-state index in [2.05, 4.69) is 25.6 Å². The maximum absolute atomic E-state index is 13.2. The van der Waals surface area contributed by atoms with Crippen molar-refractivity contribution in [1.82, 2.24) is 24.8 Å². The number of likely N-dealkylation sites (N-methyl/N-ethyl adjacent to an activating group) is 1. The number of aromatic nitrogens is 4. The van der Waals surface area contributed by atoms with Gasteiger partial charge in [-0.05, 0) is 25.5 Å². The summed E-state index contributed by atoms with van der Waals surface area (Å²) in [5.74, 6) is 0.324. The Morgan fingerprint density at radius 1 is 1.19 bits per heavy atom. The predicted octanol–water partition coefficient (Wildman–Crippen LogP) is 1.84. The molecule has 0 aliphatic carbocycles. The molecule has 0 aromatic carbocycles. The molecule has 0 saturated carbocycles. The van der Waals surface area contributed by atoms with Crippen molar-refractivity contribution in [2.24, 2.45) is 0 Å². The zero-order valence-electron chi connectivity index (χ0n) is 18.7. The smallest absolute Gasteiger partial charge is 0.293 e. The van der Waals surface area contributed by atoms with Crippen LogP contribution in [0.1, 0.15) is 20.3 Å². The van der Waals surface area contributed by atoms with Gasteiger partial charge in [-0.3, -0.25) is 14.2 Å². The van der Waals surface area contributed by atoms with Gasteiger partial charge in [0.05, 0.1) is 19.2 Å². The molecule has 1 amide bonds. The highest BCUT2D eigenvalue weighted by Crippen LogP contribution is 2.23. The standard InChI is InChI=1S/C22H28N6O4/c1-5-9-32-10-8-28-17-11-16(15-6-7-18(31-4)24-12-15)13-25-19(17)27-20(22(28)30)26-14(2)21(29)23-3/h6-7,11-14H,5,8-10H2,1-4H3,(H,23,29)(H,25,26,27)/t14-/m0/s1. The van der Waals surface area contributed by atoms with Gasteiger partial charge < -0.3 is 20.1 Å². The van der Waals surface area contributed by atoms with Crippen LogP contribution < -0.4 is 20.9 Å². The van der Waals surface area contributed by atoms with Gasteiger partial charge in [-0.25, -0.2) is 15.0 Å². The Hall–Kier alpha value is -3.53. The number of rotatable bonds is 10. The van der Waals surface area contributed by atoms with Gasteiger partial charge in [-0.2, -0.15) is 0 Å². The lowest BCUT2D eigenvalue weighted by molar-refractivity contribution is -0.121. The van der Waals surface area contributed by atoms with Crippen LogP contribution in [0.2, 0.25) is 0 Å². The minimum atomic E-state index is -0.632. The highest BCUT2D eigenvalue weighted by Gasteiger charge is 2.18. The first-order valence-corrected chi connectivity index (χ1v) is 10.4. The highest BCUT2D eigenvalue weighted by molar-refractivity contribution is 5.84. The Morgan fingerprint density at radius 3 is 2.62 bits per heavy atom. The van der Waals surface area contributed by atoms with Crippen molar-refractivity contribution in [2.45, 2.75) is 32.9 Å². The Kier molecular flexibility index (Phi) is 7.72. The van der Waals surface area contributed by atoms with Gasteiger partial charge in [0.25, 0.3) is 5.56 Å². The maximum Gasteiger partial charge on any atom is 0.293 e. The van der Waals surface area contributed by atoms with E-state index in [0.717, 1.165) is 17.5 Å². The van der Waals surface area contributed by atoms with E-state index in [9.17, 15) is 9.59 Å². The van der Waals surface area contributed by atoms with E-state index in [0.29, 0.717) is 36.8 Å². The number of hydrogen-bond acceptors (Lipinski definition) is 8. The average molecular weight is 441 g/mol. The lowest BCUT2D eigenvalue weighted by Gasteiger charge is -2.16. The lowest BCUT2D eigenvalue weighted by Crippen LogP contribution is -2.38. The van der Waals surface area contributed by atoms with Crippen LogP contribution in [0.15, 0.2) is 35.4 Å². The van der Waals surface area contributed by atoms with Crippen LogP contribution in [0.5, 0.6) is 5.88 Å². The number of nitrogens with zero attached hydrogens (tertiary/aromatic N) is 4. The summed E-state index contributed by atoms with van der Waals surface area (Å²) in [7, 11) is 3.09. The second-order valence-corrected chi connectivity index (χ2v) is 7.17. The summed E-state index contributed by atoms with van der Waals surface area (Å²) in [4.78, 5) is 38.2. The summed E-state index contributed by atoms with van der Waals surface area (Å²) in [6.07, 6.45) is 4.24. The maximum atomic E-state index is 13.2. The Bertz CT molecular complexity index is 1130. The summed E-state index contributed by atoms with van der Waals surface area (Å²) in [5.41, 5.74) is 2.23. The SMILES string of the molecule is CCCOCCn1c(=O)c(N[C@@H](C)C(=O)NC)nc2ncc(-c3ccc(OC)nc3)cc21. The van der Waals surface area contributed by atoms with Gasteiger partial charge in [-0.15, -0.1) is 0 Å². The van der Waals surface area contributed by atoms with E-state index in [1.54, 1.807) is 37.1 Å². The molecule has 0 aliphatic heterocycles. The van der Waals surface area contributed by atoms with Gasteiger partial charge in [-0.1, -0.05) is 6.92 Å². The Balaban J connectivity index is 2.05. The molecule has 3 rings (SSSR count). The third kappa shape index (κ3) is 5.20. The molecular weight excluding hydrogens is 412 g/mol. The molecule has 0 unspecified atom stereocenters. The number of pyridine rings is 2. The minimum absolute atomic E-state index is 0.0652. The van der Waals surface area contributed by atoms with Gasteiger partial charge in [0, 0.05) is 49.8 Å². The normalized spacial score (nSPS) is 11.9. The van der Waals surface area contributed by atoms with Crippen molar-refractivity contribution in [3.05, 3.63) is 40.9 Å². The van der Waals surface area contributed by atoms with E-state index in [-0.39, 0.29) is 17.3 Å². The first-order valence-electron chi connectivity index (χ1n) is 10.4. The van der Waals surface area contributed by atoms with E-state index >= 15 is 0 Å². The largest absolute Gasteiger partial charge is 0.481 e. The lowest BCUT2D eigenvalue weighted by atomic mass is 10.1. The molecule has 3 aromatic heterocycles. The fourth-order valence-corrected chi connectivity index (χ4v) is 3.16. The van der Waals surface area contributed by atoms with Crippen molar-refractivity contribution in [3.63, 3.8) is 0 Å². The predicted molar refractivity (Wildman–Crippen MR) is 122 cm³/mol. The van der Waals surface area contributed by atoms with Gasteiger partial charge in [0.15, 0.2) is 11.5 Å². The van der Waals surface area contributed by atoms with Crippen LogP contribution in [-0.4, -0.2) is 58.8 Å². The van der Waals surface area contributed by atoms with Crippen LogP contribution in [-0.2, 0) is 16.1 Å². The molecule has 0 radical (unpaired) electrons. The third-order valence-corrected chi connectivity index (χ3v) is 4.88. The fourth-order valence-electron chi connectivity index (χ4n) is 3.16. The van der Waals surface area contributed by atoms with E-state index in [1.165, 1.54) is 7.05 Å². The topological polar surface area (TPSA) is 120 Å². The number of amides is 1. The molecule has 2 N–H and O–H groups in total. The third-order valence-electron chi connectivity index (χ3n) is 4.88. The Labute approximate surface area is 186 Å². The fraction of sp³-hybridized carbons (Fsp3) is 0.409. The Morgan fingerprint density at radius 2 is 1.97 bits per heavy atom. The molecule has 3 heterocycles. The van der Waals surface area contributed by atoms with Crippen molar-refractivity contribution < 1.29 is 14.3 Å². The van der Waals surface area contributed by atoms with Crippen LogP contribution in [0, 0.1) is 0 Å². The number of hydrogen-bond donors (Lipinski definition) is 2. The quantitative estimate of drug-likeness (QED) is 0.458. The highest BCUT2D eigenvalue weighted by atomic mass is 16.5. The van der Waals surface area contributed by atoms with Crippen LogP contribution >= 0.6 is 0 Å². The van der Waals surface area contributed by atoms with Crippen molar-refractivity contribution in [1.29, 1.82) is 0 Å². The summed E-state index contributed by atoms with van der Waals surface area (Å²) >= 11 is 0. The number of fused-ring (bicyclic) bond motifs is 1. The molecule has 0 aliphatic rings. The number of carbonyl (C=O) groups excluding carboxylic acids is 1. The molecule has 0 saturated heterocycles. The van der Waals surface area contributed by atoms with Crippen molar-refractivity contribution in [3.8, 4) is 17.0 Å². The average Bonchev–Trinajstić information content (AvgIpc) is 2.82. The molecule has 0 fully saturated rings. The van der Waals surface area contributed by atoms with E-state index in [4.69, 9.17) is 9.47 Å². The molecule has 0 bridgehead atoms. The molecule has 32 heavy (non-hydrogen) atoms. The zero-order valence-corrected chi connectivity index (χ0v) is 18.7. The molecule has 170 valence electrons. The van der Waals surface area contributed by atoms with Gasteiger partial charge in [0.2, 0.25) is 11.8 Å². The number of anilines is 1. The first kappa shape index (κ1) is 23.1. The molecule has 10 heteroatoms. The van der Waals surface area contributed by atoms with E-state index in [1.807, 2.05) is 19.1 Å². The summed E-state index contributed by atoms with van der Waals surface area (Å²) in [5, 5.41) is 5.44. The molecule has 10 nitrogen and oxygen atoms in total. The second-order valence-electron chi connectivity index (χ2n) is 7.17. The molecular formula is C22H28N6O4. The minimum Gasteiger partial charge on any atom is -0.481 e. The number of ether oxygens (including phenoxy) is 2. The van der Waals surface area contributed by atoms with Crippen molar-refractivity contribution in [2.75, 3.05) is 32.7 Å². The summed E-state index contributed by atoms with van der Waals surface area (Å²) in [6.45, 7) is 4.98. The van der Waals surface area contributed by atoms with Crippen molar-refractivity contribution >= 4 is 22.9 Å². The second kappa shape index (κ2) is 10.7. The monoisotopic (exact) mass is 440 g/mol. The van der Waals surface area contributed by atoms with Crippen LogP contribution in [0.25, 0.3) is 22.3 Å². The molecule has 1 atom stereocenters. The zero-order chi connectivity index (χ0) is 23.1. The van der Waals surface area contributed by atoms with Gasteiger partial charge in [0.1, 0.15) is 6.04 Å². The first-order chi connectivity index (χ1) is 15.5.